The molecule has 6 atom stereocenters. The van der Waals surface area contributed by atoms with Crippen molar-refractivity contribution >= 4 is 0 Å². The van der Waals surface area contributed by atoms with Gasteiger partial charge in [0.25, 0.3) is 0 Å². The zero-order valence-electron chi connectivity index (χ0n) is 12.1. The topological polar surface area (TPSA) is 34.3 Å². The molecule has 3 aliphatic rings. The van der Waals surface area contributed by atoms with Crippen molar-refractivity contribution in [1.29, 1.82) is 0 Å². The minimum atomic E-state index is 0. The van der Waals surface area contributed by atoms with Gasteiger partial charge in [0.05, 0.1) is 36.6 Å². The quantitative estimate of drug-likeness (QED) is 0.633. The summed E-state index contributed by atoms with van der Waals surface area (Å²) >= 11 is 0. The lowest BCUT2D eigenvalue weighted by atomic mass is 10.1. The van der Waals surface area contributed by atoms with Gasteiger partial charge in [-0.05, 0) is 47.5 Å². The second-order valence-corrected chi connectivity index (χ2v) is 5.33. The van der Waals surface area contributed by atoms with Gasteiger partial charge in [0.15, 0.2) is 0 Å². The maximum Gasteiger partial charge on any atom is 0.0836 e. The molecule has 0 aromatic carbocycles. The highest BCUT2D eigenvalue weighted by molar-refractivity contribution is 4.77. The first kappa shape index (κ1) is 24.9. The molecule has 3 heterocycles. The van der Waals surface area contributed by atoms with Gasteiger partial charge in [-0.1, -0.05) is 29.2 Å². The molecule has 20 heavy (non-hydrogen) atoms. The van der Waals surface area contributed by atoms with Crippen molar-refractivity contribution in [2.45, 2.75) is 113 Å². The first-order valence-corrected chi connectivity index (χ1v) is 6.90. The van der Waals surface area contributed by atoms with Crippen LogP contribution in [0.15, 0.2) is 0 Å². The highest BCUT2D eigenvalue weighted by Crippen LogP contribution is 2.23. The molecule has 0 bridgehead atoms. The monoisotopic (exact) mass is 292 g/mol. The van der Waals surface area contributed by atoms with E-state index in [9.17, 15) is 0 Å². The van der Waals surface area contributed by atoms with Gasteiger partial charge in [0, 0.05) is 0 Å². The van der Waals surface area contributed by atoms with Crippen LogP contribution in [0.1, 0.15) is 76.7 Å². The Morgan fingerprint density at radius 3 is 1.00 bits per heavy atom. The molecule has 126 valence electrons. The Labute approximate surface area is 128 Å². The van der Waals surface area contributed by atoms with E-state index in [0.29, 0.717) is 36.6 Å². The second-order valence-electron chi connectivity index (χ2n) is 5.33. The van der Waals surface area contributed by atoms with Crippen LogP contribution in [0, 0.1) is 0 Å². The molecule has 0 aromatic heterocycles. The van der Waals surface area contributed by atoms with Crippen molar-refractivity contribution in [2.24, 2.45) is 0 Å². The third-order valence-corrected chi connectivity index (χ3v) is 3.38. The fourth-order valence-corrected chi connectivity index (χ4v) is 1.80. The fraction of sp³-hybridized carbons (Fsp3) is 1.00. The number of hydrogen-bond donors (Lipinski definition) is 0. The van der Waals surface area contributed by atoms with E-state index in [1.165, 1.54) is 12.8 Å². The molecule has 3 heteroatoms. The predicted molar refractivity (Wildman–Crippen MR) is 89.5 cm³/mol. The molecule has 0 amide bonds. The van der Waals surface area contributed by atoms with Crippen LogP contribution >= 0.6 is 0 Å². The zero-order valence-corrected chi connectivity index (χ0v) is 12.1. The van der Waals surface area contributed by atoms with Crippen LogP contribution in [0.2, 0.25) is 0 Å². The molecule has 0 aliphatic carbocycles. The number of ether oxygens (including phenoxy) is 3. The van der Waals surface area contributed by atoms with Crippen LogP contribution in [0.25, 0.3) is 0 Å². The Morgan fingerprint density at radius 2 is 1.00 bits per heavy atom. The van der Waals surface area contributed by atoms with Gasteiger partial charge in [-0.25, -0.2) is 0 Å². The lowest BCUT2D eigenvalue weighted by Crippen LogP contribution is -2.31. The largest absolute Gasteiger partial charge is 0.375 e. The Morgan fingerprint density at radius 1 is 0.700 bits per heavy atom. The SMILES string of the molecule is C.C.C.CC1CC(C)O1.CC1OC1C.CCC1OC1C. The second kappa shape index (κ2) is 11.5. The van der Waals surface area contributed by atoms with Gasteiger partial charge in [0.1, 0.15) is 0 Å². The molecule has 3 nitrogen and oxygen atoms in total. The summed E-state index contributed by atoms with van der Waals surface area (Å²) in [5.41, 5.74) is 0. The van der Waals surface area contributed by atoms with Crippen molar-refractivity contribution in [2.75, 3.05) is 0 Å². The fourth-order valence-electron chi connectivity index (χ4n) is 1.80. The summed E-state index contributed by atoms with van der Waals surface area (Å²) in [5.74, 6) is 0. The molecule has 0 saturated carbocycles. The molecule has 0 N–H and O–H groups in total. The van der Waals surface area contributed by atoms with E-state index in [2.05, 4.69) is 41.5 Å². The van der Waals surface area contributed by atoms with Crippen LogP contribution in [-0.4, -0.2) is 36.6 Å². The predicted octanol–water partition coefficient (Wildman–Crippen LogP) is 5.07. The van der Waals surface area contributed by atoms with Crippen LogP contribution in [0.5, 0.6) is 0 Å². The summed E-state index contributed by atoms with van der Waals surface area (Å²) in [6, 6.07) is 0. The zero-order chi connectivity index (χ0) is 13.0. The Bertz CT molecular complexity index is 200. The number of epoxide rings is 2. The molecule has 3 rings (SSSR count). The Kier molecular flexibility index (Phi) is 14.3. The van der Waals surface area contributed by atoms with Crippen molar-refractivity contribution in [3.8, 4) is 0 Å². The molecule has 0 aromatic rings. The molecule has 3 fully saturated rings. The lowest BCUT2D eigenvalue weighted by Gasteiger charge is -2.30. The van der Waals surface area contributed by atoms with Gasteiger partial charge < -0.3 is 14.2 Å². The normalized spacial score (nSPS) is 38.7. The number of hydrogen-bond acceptors (Lipinski definition) is 3. The van der Waals surface area contributed by atoms with Crippen molar-refractivity contribution in [1.82, 2.24) is 0 Å². The first-order valence-electron chi connectivity index (χ1n) is 6.90. The molecular formula is C17H40O3. The molecule has 0 spiro atoms. The lowest BCUT2D eigenvalue weighted by molar-refractivity contribution is -0.102. The van der Waals surface area contributed by atoms with E-state index < -0.39 is 0 Å². The standard InChI is InChI=1S/2C5H10O.C4H8O.3CH4/c1-4-3-5(2)6-4;1-3-5-4(2)6-5;1-3-4(2)5-3;;;/h2*4-5H,3H2,1-2H3;3-4H,1-2H3;3*1H4. The van der Waals surface area contributed by atoms with E-state index in [1.54, 1.807) is 0 Å². The smallest absolute Gasteiger partial charge is 0.0836 e. The van der Waals surface area contributed by atoms with E-state index in [4.69, 9.17) is 14.2 Å². The van der Waals surface area contributed by atoms with E-state index >= 15 is 0 Å². The van der Waals surface area contributed by atoms with Gasteiger partial charge in [0.2, 0.25) is 0 Å². The Hall–Kier alpha value is -0.120. The van der Waals surface area contributed by atoms with Crippen LogP contribution in [0.3, 0.4) is 0 Å². The van der Waals surface area contributed by atoms with E-state index in [0.717, 1.165) is 0 Å². The molecule has 3 aliphatic heterocycles. The molecule has 0 radical (unpaired) electrons. The number of rotatable bonds is 1. The highest BCUT2D eigenvalue weighted by Gasteiger charge is 2.31. The summed E-state index contributed by atoms with van der Waals surface area (Å²) in [6.45, 7) is 12.6. The third-order valence-electron chi connectivity index (χ3n) is 3.38. The maximum atomic E-state index is 5.14. The van der Waals surface area contributed by atoms with Gasteiger partial charge >= 0.3 is 0 Å². The summed E-state index contributed by atoms with van der Waals surface area (Å²) in [6.07, 6.45) is 5.78. The van der Waals surface area contributed by atoms with E-state index in [-0.39, 0.29) is 22.3 Å². The third kappa shape index (κ3) is 10.6. The maximum absolute atomic E-state index is 5.14. The summed E-state index contributed by atoms with van der Waals surface area (Å²) < 4.78 is 15.1. The van der Waals surface area contributed by atoms with Crippen molar-refractivity contribution < 1.29 is 14.2 Å². The van der Waals surface area contributed by atoms with Gasteiger partial charge in [-0.2, -0.15) is 0 Å². The van der Waals surface area contributed by atoms with Gasteiger partial charge in [-0.15, -0.1) is 0 Å². The van der Waals surface area contributed by atoms with Gasteiger partial charge in [-0.3, -0.25) is 0 Å². The van der Waals surface area contributed by atoms with Crippen molar-refractivity contribution in [3.05, 3.63) is 0 Å². The molecule has 6 unspecified atom stereocenters. The Balaban J connectivity index is -0.000000202. The molecule has 3 saturated heterocycles. The van der Waals surface area contributed by atoms with Crippen LogP contribution in [0.4, 0.5) is 0 Å². The minimum Gasteiger partial charge on any atom is -0.375 e. The summed E-state index contributed by atoms with van der Waals surface area (Å²) in [4.78, 5) is 0. The minimum absolute atomic E-state index is 0. The van der Waals surface area contributed by atoms with Crippen LogP contribution < -0.4 is 0 Å². The highest BCUT2D eigenvalue weighted by atomic mass is 16.6. The summed E-state index contributed by atoms with van der Waals surface area (Å²) in [5, 5.41) is 0. The van der Waals surface area contributed by atoms with Crippen molar-refractivity contribution in [3.63, 3.8) is 0 Å². The summed E-state index contributed by atoms with van der Waals surface area (Å²) in [7, 11) is 0. The first-order chi connectivity index (χ1) is 7.93. The van der Waals surface area contributed by atoms with Crippen LogP contribution in [-0.2, 0) is 14.2 Å². The molecular weight excluding hydrogens is 252 g/mol. The average molecular weight is 293 g/mol. The van der Waals surface area contributed by atoms with E-state index in [1.807, 2.05) is 0 Å². The average Bonchev–Trinajstić information content (AvgIpc) is 3.09.